The van der Waals surface area contributed by atoms with Crippen LogP contribution in [0, 0.1) is 5.21 Å². The summed E-state index contributed by atoms with van der Waals surface area (Å²) >= 11 is 0. The van der Waals surface area contributed by atoms with Crippen LogP contribution in [0.3, 0.4) is 0 Å². The molecule has 0 aromatic rings. The zero-order chi connectivity index (χ0) is 7.72. The maximum Gasteiger partial charge on any atom is 0.426 e. The first-order valence-electron chi connectivity index (χ1n) is 2.38. The standard InChI is InChI=1S/C4H3FN2O3/c5-2-1-7(10)4(9)6-3(2)8/h1,7H,(H,6,8,9). The van der Waals surface area contributed by atoms with Gasteiger partial charge < -0.3 is 5.21 Å². The van der Waals surface area contributed by atoms with Crippen LogP contribution in [-0.4, -0.2) is 11.9 Å². The zero-order valence-electron chi connectivity index (χ0n) is 4.68. The van der Waals surface area contributed by atoms with Crippen molar-refractivity contribution >= 4 is 11.9 Å². The molecule has 5 nitrogen and oxygen atoms in total. The van der Waals surface area contributed by atoms with E-state index in [1.807, 2.05) is 0 Å². The number of nitrogens with one attached hydrogen (secondary N) is 2. The summed E-state index contributed by atoms with van der Waals surface area (Å²) in [5.41, 5.74) is 0. The van der Waals surface area contributed by atoms with Crippen molar-refractivity contribution in [2.24, 2.45) is 0 Å². The molecular weight excluding hydrogens is 143 g/mol. The summed E-state index contributed by atoms with van der Waals surface area (Å²) in [5.74, 6) is -2.39. The third kappa shape index (κ3) is 1.02. The Hall–Kier alpha value is -1.27. The molecule has 0 aliphatic carbocycles. The zero-order valence-corrected chi connectivity index (χ0v) is 4.68. The number of urea groups is 1. The van der Waals surface area contributed by atoms with E-state index in [0.717, 1.165) is 0 Å². The average molecular weight is 146 g/mol. The molecule has 0 aromatic heterocycles. The van der Waals surface area contributed by atoms with E-state index < -0.39 is 22.8 Å². The molecule has 0 bridgehead atoms. The number of hydrogen-bond donors (Lipinski definition) is 2. The van der Waals surface area contributed by atoms with Gasteiger partial charge in [-0.3, -0.25) is 9.86 Å². The maximum absolute atomic E-state index is 12.1. The molecule has 0 aromatic carbocycles. The Bertz CT molecular complexity index is 225. The third-order valence-corrected chi connectivity index (χ3v) is 0.926. The monoisotopic (exact) mass is 146 g/mol. The summed E-state index contributed by atoms with van der Waals surface area (Å²) in [6, 6.07) is -1.09. The lowest BCUT2D eigenvalue weighted by molar-refractivity contribution is -0.698. The highest BCUT2D eigenvalue weighted by atomic mass is 19.1. The van der Waals surface area contributed by atoms with E-state index in [-0.39, 0.29) is 0 Å². The van der Waals surface area contributed by atoms with Crippen molar-refractivity contribution in [2.75, 3.05) is 0 Å². The summed E-state index contributed by atoms with van der Waals surface area (Å²) in [4.78, 5) is 20.5. The van der Waals surface area contributed by atoms with Crippen LogP contribution in [0.15, 0.2) is 12.0 Å². The van der Waals surface area contributed by atoms with Crippen LogP contribution < -0.4 is 10.4 Å². The van der Waals surface area contributed by atoms with Gasteiger partial charge in [0.25, 0.3) is 5.91 Å². The van der Waals surface area contributed by atoms with Crippen LogP contribution in [0.5, 0.6) is 0 Å². The van der Waals surface area contributed by atoms with Crippen LogP contribution >= 0.6 is 0 Å². The van der Waals surface area contributed by atoms with Crippen molar-refractivity contribution in [1.29, 1.82) is 0 Å². The number of imide groups is 1. The number of carbonyl (C=O) groups is 2. The molecule has 54 valence electrons. The molecule has 1 aliphatic heterocycles. The van der Waals surface area contributed by atoms with Gasteiger partial charge in [0.1, 0.15) is 6.20 Å². The van der Waals surface area contributed by atoms with Gasteiger partial charge >= 0.3 is 6.03 Å². The molecule has 0 radical (unpaired) electrons. The fraction of sp³-hybridized carbons (Fsp3) is 0. The van der Waals surface area contributed by atoms with Gasteiger partial charge in [0.2, 0.25) is 5.83 Å². The van der Waals surface area contributed by atoms with Crippen LogP contribution in [-0.2, 0) is 4.79 Å². The normalized spacial score (nSPS) is 25.8. The van der Waals surface area contributed by atoms with E-state index >= 15 is 0 Å². The first-order chi connectivity index (χ1) is 4.61. The van der Waals surface area contributed by atoms with Gasteiger partial charge in [0.05, 0.1) is 0 Å². The van der Waals surface area contributed by atoms with Gasteiger partial charge in [0.15, 0.2) is 0 Å². The van der Waals surface area contributed by atoms with Crippen LogP contribution in [0.2, 0.25) is 0 Å². The molecule has 1 unspecified atom stereocenters. The highest BCUT2D eigenvalue weighted by Gasteiger charge is 2.24. The predicted octanol–water partition coefficient (Wildman–Crippen LogP) is -1.57. The van der Waals surface area contributed by atoms with Gasteiger partial charge in [-0.2, -0.15) is 4.39 Å². The smallest absolute Gasteiger partial charge is 0.426 e. The number of hydrogen-bond acceptors (Lipinski definition) is 3. The highest BCUT2D eigenvalue weighted by Crippen LogP contribution is 1.93. The second kappa shape index (κ2) is 2.16. The predicted molar refractivity (Wildman–Crippen MR) is 27.1 cm³/mol. The van der Waals surface area contributed by atoms with E-state index in [9.17, 15) is 19.2 Å². The van der Waals surface area contributed by atoms with Crippen molar-refractivity contribution in [1.82, 2.24) is 5.32 Å². The fourth-order valence-electron chi connectivity index (χ4n) is 0.471. The van der Waals surface area contributed by atoms with Gasteiger partial charge in [-0.15, -0.1) is 0 Å². The highest BCUT2D eigenvalue weighted by molar-refractivity contribution is 6.01. The molecule has 1 rings (SSSR count). The first kappa shape index (κ1) is 6.84. The number of amides is 3. The van der Waals surface area contributed by atoms with E-state index in [2.05, 4.69) is 0 Å². The third-order valence-electron chi connectivity index (χ3n) is 0.926. The van der Waals surface area contributed by atoms with E-state index in [1.54, 1.807) is 0 Å². The molecule has 0 fully saturated rings. The van der Waals surface area contributed by atoms with Crippen LogP contribution in [0.25, 0.3) is 0 Å². The Morgan fingerprint density at radius 2 is 2.20 bits per heavy atom. The van der Waals surface area contributed by atoms with Crippen molar-refractivity contribution in [3.63, 3.8) is 0 Å². The Morgan fingerprint density at radius 1 is 1.60 bits per heavy atom. The van der Waals surface area contributed by atoms with Crippen LogP contribution in [0.4, 0.5) is 9.18 Å². The number of carbonyl (C=O) groups excluding carboxylic acids is 2. The van der Waals surface area contributed by atoms with Crippen molar-refractivity contribution in [3.8, 4) is 0 Å². The van der Waals surface area contributed by atoms with Gasteiger partial charge in [-0.1, -0.05) is 0 Å². The Morgan fingerprint density at radius 3 is 2.70 bits per heavy atom. The summed E-state index contributed by atoms with van der Waals surface area (Å²) in [6.45, 7) is 0. The number of quaternary nitrogens is 1. The number of hydroxylamine groups is 2. The molecule has 3 amide bonds. The Kier molecular flexibility index (Phi) is 1.48. The second-order valence-corrected chi connectivity index (χ2v) is 1.64. The molecule has 1 atom stereocenters. The summed E-state index contributed by atoms with van der Waals surface area (Å²) in [6.07, 6.45) is 0.362. The molecule has 6 heteroatoms. The number of rotatable bonds is 0. The van der Waals surface area contributed by atoms with Gasteiger partial charge in [0, 0.05) is 0 Å². The van der Waals surface area contributed by atoms with E-state index in [1.165, 1.54) is 5.32 Å². The summed E-state index contributed by atoms with van der Waals surface area (Å²) in [7, 11) is 0. The van der Waals surface area contributed by atoms with Crippen molar-refractivity contribution in [3.05, 3.63) is 17.2 Å². The average Bonchev–Trinajstić information content (AvgIpc) is 1.84. The summed E-state index contributed by atoms with van der Waals surface area (Å²) in [5, 5.41) is 10.7. The Labute approximate surface area is 54.7 Å². The summed E-state index contributed by atoms with van der Waals surface area (Å²) < 4.78 is 12.1. The molecule has 1 heterocycles. The molecular formula is C4H3FN2O3. The van der Waals surface area contributed by atoms with Gasteiger partial charge in [-0.05, 0) is 0 Å². The lowest BCUT2D eigenvalue weighted by Crippen LogP contribution is -3.08. The minimum Gasteiger partial charge on any atom is -0.620 e. The molecule has 2 N–H and O–H groups in total. The first-order valence-corrected chi connectivity index (χ1v) is 2.38. The topological polar surface area (TPSA) is 73.7 Å². The number of halogens is 1. The van der Waals surface area contributed by atoms with Crippen LogP contribution in [0.1, 0.15) is 0 Å². The fourth-order valence-corrected chi connectivity index (χ4v) is 0.471. The molecule has 0 saturated carbocycles. The molecule has 1 aliphatic rings. The van der Waals surface area contributed by atoms with Gasteiger partial charge in [-0.25, -0.2) is 10.1 Å². The molecule has 10 heavy (non-hydrogen) atoms. The largest absolute Gasteiger partial charge is 0.620 e. The van der Waals surface area contributed by atoms with E-state index in [4.69, 9.17) is 0 Å². The minimum absolute atomic E-state index is 0.362. The minimum atomic E-state index is -1.23. The van der Waals surface area contributed by atoms with E-state index in [0.29, 0.717) is 6.20 Å². The van der Waals surface area contributed by atoms with Crippen molar-refractivity contribution in [2.45, 2.75) is 0 Å². The molecule has 0 saturated heterocycles. The quantitative estimate of drug-likeness (QED) is 0.405. The lowest BCUT2D eigenvalue weighted by atomic mass is 10.4. The molecule has 0 spiro atoms. The van der Waals surface area contributed by atoms with Crippen molar-refractivity contribution < 1.29 is 19.0 Å². The Balaban J connectivity index is 2.89. The maximum atomic E-state index is 12.1. The SMILES string of the molecule is O=C1NC(=O)[NH+]([O-])C=C1F. The second-order valence-electron chi connectivity index (χ2n) is 1.64. The lowest BCUT2D eigenvalue weighted by Gasteiger charge is -2.17.